The van der Waals surface area contributed by atoms with Crippen molar-refractivity contribution in [1.82, 2.24) is 68.0 Å². The number of aromatic nitrogens is 2. The van der Waals surface area contributed by atoms with E-state index >= 15 is 19.2 Å². The molecule has 32 heteroatoms. The minimum absolute atomic E-state index is 0.0250. The number of carboxylic acid groups (broad SMARTS) is 1. The Morgan fingerprint density at radius 3 is 1.86 bits per heavy atom. The predicted molar refractivity (Wildman–Crippen MR) is 367 cm³/mol. The van der Waals surface area contributed by atoms with Gasteiger partial charge in [-0.25, -0.2) is 8.78 Å². The highest BCUT2D eigenvalue weighted by atomic mass is 32.2. The van der Waals surface area contributed by atoms with Crippen LogP contribution in [0.2, 0.25) is 0 Å². The van der Waals surface area contributed by atoms with Crippen molar-refractivity contribution < 1.29 is 76.8 Å². The monoisotopic (exact) mass is 1420 g/mol. The number of hydrogen-bond donors (Lipinski definition) is 16. The molecule has 4 aromatic carbocycles. The van der Waals surface area contributed by atoms with Gasteiger partial charge in [0.15, 0.2) is 0 Å². The minimum atomic E-state index is -2.03. The molecule has 0 spiro atoms. The van der Waals surface area contributed by atoms with Gasteiger partial charge in [-0.3, -0.25) is 52.7 Å². The number of H-pyrrole nitrogens is 2. The van der Waals surface area contributed by atoms with Crippen molar-refractivity contribution in [3.63, 3.8) is 0 Å². The van der Waals surface area contributed by atoms with Crippen LogP contribution < -0.4 is 58.9 Å². The van der Waals surface area contributed by atoms with Crippen LogP contribution in [0, 0.1) is 11.6 Å². The second-order valence-electron chi connectivity index (χ2n) is 25.8. The third-order valence-electron chi connectivity index (χ3n) is 17.7. The second kappa shape index (κ2) is 33.5. The number of primary amides is 1. The van der Waals surface area contributed by atoms with Crippen LogP contribution in [0.4, 0.5) is 8.78 Å². The Balaban J connectivity index is 1.06. The quantitative estimate of drug-likeness (QED) is 0.0804. The average Bonchev–Trinajstić information content (AvgIpc) is 1.56. The van der Waals surface area contributed by atoms with E-state index in [1.165, 1.54) is 116 Å². The molecule has 9 atom stereocenters. The number of fused-ring (bicyclic) bond motifs is 5. The Bertz CT molecular complexity index is 4030. The number of aliphatic carboxylic acids is 1. The molecule has 0 aliphatic carbocycles. The number of benzene rings is 4. The number of carbonyl (C=O) groups excluding carboxylic acids is 10. The van der Waals surface area contributed by atoms with Crippen molar-refractivity contribution in [2.75, 3.05) is 37.8 Å². The lowest BCUT2D eigenvalue weighted by Gasteiger charge is -2.37. The molecule has 0 saturated carbocycles. The van der Waals surface area contributed by atoms with Crippen molar-refractivity contribution in [3.05, 3.63) is 137 Å². The lowest BCUT2D eigenvalue weighted by molar-refractivity contribution is -0.147. The SMILES string of the molecule is CC(C)(O)[C@@H]1NC(=O)CCSCc2cccc(c2)CSC[C@@H](C(N)=O)NC(=O)[C@]2(C)CCCN2C(=O)[C@H](Cc2ccc(O)cc2)NC(=O)[C@H](CC2CNCN2)NC(=O)[C@H](CC(=O)O)NC(=O)[C@H](Cc2c[nH]c3ccc(F)cc23)NC(=O)[C@H](Cc2c[nH]c3ccc(F)cc23)NC(=O)CNC1=O. The van der Waals surface area contributed by atoms with Crippen molar-refractivity contribution in [3.8, 4) is 5.75 Å². The van der Waals surface area contributed by atoms with Crippen LogP contribution in [0.15, 0.2) is 97.3 Å². The Morgan fingerprint density at radius 2 is 1.26 bits per heavy atom. The number of aliphatic hydroxyl groups is 1. The number of nitrogens with one attached hydrogen (secondary N) is 12. The lowest BCUT2D eigenvalue weighted by atomic mass is 9.95. The van der Waals surface area contributed by atoms with E-state index in [9.17, 15) is 57.7 Å². The van der Waals surface area contributed by atoms with Crippen LogP contribution in [0.1, 0.15) is 80.7 Å². The molecule has 6 aromatic rings. The fraction of sp³-hybridized carbons (Fsp3) is 0.426. The Kier molecular flexibility index (Phi) is 25.0. The topological polar surface area (TPSA) is 430 Å². The summed E-state index contributed by atoms with van der Waals surface area (Å²) in [4.78, 5) is 164. The van der Waals surface area contributed by atoms with Crippen LogP contribution in [0.5, 0.6) is 5.75 Å². The van der Waals surface area contributed by atoms with Gasteiger partial charge in [-0.1, -0.05) is 36.4 Å². The molecule has 28 nitrogen and oxygen atoms in total. The van der Waals surface area contributed by atoms with E-state index in [1.807, 2.05) is 24.3 Å². The molecule has 2 aromatic heterocycles. The van der Waals surface area contributed by atoms with E-state index in [1.54, 1.807) is 0 Å². The summed E-state index contributed by atoms with van der Waals surface area (Å²) in [5.74, 6) is -11.2. The molecule has 0 radical (unpaired) electrons. The van der Waals surface area contributed by atoms with E-state index in [4.69, 9.17) is 5.73 Å². The number of halogens is 2. The number of nitrogens with two attached hydrogens (primary N) is 1. The van der Waals surface area contributed by atoms with Gasteiger partial charge in [0, 0.05) is 109 Å². The van der Waals surface area contributed by atoms with Gasteiger partial charge in [0.1, 0.15) is 65.2 Å². The highest BCUT2D eigenvalue weighted by Crippen LogP contribution is 2.32. The van der Waals surface area contributed by atoms with Crippen LogP contribution in [0.25, 0.3) is 21.8 Å². The number of aromatic amines is 2. The first kappa shape index (κ1) is 74.6. The van der Waals surface area contributed by atoms with E-state index < -0.39 is 162 Å². The Morgan fingerprint density at radius 1 is 0.680 bits per heavy atom. The number of phenolic OH excluding ortho intramolecular Hbond substituents is 1. The largest absolute Gasteiger partial charge is 0.508 e. The molecule has 100 heavy (non-hydrogen) atoms. The number of amides is 10. The number of nitrogens with zero attached hydrogens (tertiary/aromatic N) is 1. The number of aromatic hydroxyl groups is 1. The molecule has 2 bridgehead atoms. The van der Waals surface area contributed by atoms with Gasteiger partial charge in [-0.15, -0.1) is 0 Å². The van der Waals surface area contributed by atoms with Crippen LogP contribution in [-0.2, 0) is 83.5 Å². The molecule has 534 valence electrons. The maximum absolute atomic E-state index is 15.2. The molecule has 3 aliphatic rings. The fourth-order valence-electron chi connectivity index (χ4n) is 12.3. The van der Waals surface area contributed by atoms with E-state index in [0.29, 0.717) is 39.9 Å². The van der Waals surface area contributed by atoms with Gasteiger partial charge >= 0.3 is 5.97 Å². The summed E-state index contributed by atoms with van der Waals surface area (Å²) in [6.45, 7) is 3.81. The maximum atomic E-state index is 15.2. The van der Waals surface area contributed by atoms with Gasteiger partial charge in [0.2, 0.25) is 59.1 Å². The zero-order valence-corrected chi connectivity index (χ0v) is 56.7. The highest BCUT2D eigenvalue weighted by Gasteiger charge is 2.49. The van der Waals surface area contributed by atoms with Gasteiger partial charge in [-0.2, -0.15) is 23.5 Å². The summed E-state index contributed by atoms with van der Waals surface area (Å²) in [5.41, 5.74) is 5.96. The van der Waals surface area contributed by atoms with Gasteiger partial charge in [-0.05, 0) is 116 Å². The highest BCUT2D eigenvalue weighted by molar-refractivity contribution is 7.98. The molecular weight excluding hydrogens is 1340 g/mol. The van der Waals surface area contributed by atoms with Gasteiger partial charge in [0.25, 0.3) is 0 Å². The molecule has 17 N–H and O–H groups in total. The molecular formula is C68H82F2N14O14S2. The molecule has 2 saturated heterocycles. The number of rotatable bonds is 12. The number of phenols is 1. The summed E-state index contributed by atoms with van der Waals surface area (Å²) in [7, 11) is 0. The fourth-order valence-corrected chi connectivity index (χ4v) is 14.2. The zero-order valence-electron chi connectivity index (χ0n) is 55.1. The van der Waals surface area contributed by atoms with Crippen molar-refractivity contribution in [2.45, 2.75) is 143 Å². The third kappa shape index (κ3) is 19.8. The van der Waals surface area contributed by atoms with Crippen molar-refractivity contribution in [2.24, 2.45) is 5.73 Å². The van der Waals surface area contributed by atoms with Crippen molar-refractivity contribution >= 4 is 110 Å². The molecule has 10 amide bonds. The number of carbonyl (C=O) groups is 11. The van der Waals surface area contributed by atoms with Crippen LogP contribution in [-0.4, -0.2) is 193 Å². The smallest absolute Gasteiger partial charge is 0.305 e. The van der Waals surface area contributed by atoms with Crippen molar-refractivity contribution in [1.29, 1.82) is 0 Å². The summed E-state index contributed by atoms with van der Waals surface area (Å²) >= 11 is 2.72. The Hall–Kier alpha value is -9.63. The molecule has 1 unspecified atom stereocenters. The van der Waals surface area contributed by atoms with Crippen LogP contribution >= 0.6 is 23.5 Å². The normalized spacial score (nSPS) is 24.5. The predicted octanol–water partition coefficient (Wildman–Crippen LogP) is 0.762. The number of carboxylic acids is 1. The maximum Gasteiger partial charge on any atom is 0.305 e. The second-order valence-corrected chi connectivity index (χ2v) is 28.0. The first-order chi connectivity index (χ1) is 47.6. The zero-order chi connectivity index (χ0) is 72.0. The lowest BCUT2D eigenvalue weighted by Crippen LogP contribution is -2.63. The van der Waals surface area contributed by atoms with E-state index in [2.05, 4.69) is 63.1 Å². The Labute approximate surface area is 581 Å². The standard InChI is InChI=1S/C68H82F2N14O14S2/c1-67(2,98)58-64(95)75-31-56(87)77-49(22-39-28-73-47-14-10-41(69)24-45(39)47)60(91)78-50(23-40-29-74-48-15-11-42(70)25-46(40)48)61(92)80-52(27-57(88)89)63(94)79-51(26-43-30-72-35-76-43)62(93)81-53(21-36-8-12-44(85)13-9-36)65(96)84-18-5-17-68(84,3)66(97)82-54(59(71)90)34-100-33-38-7-4-6-37(20-38)32-99-19-16-55(86)83-58/h4,6-15,20,24-25,28-29,43,49-54,58,72-74,76,85,98H,5,16-19,21-23,26-27,30-35H2,1-3H3,(H2,71,90)(H,75,95)(H,77,87)(H,78,91)(H,79,94)(H,80,92)(H,81,93)(H,82,97)(H,83,86)(H,88,89)/t43?,49-,50-,51-,52-,53-,54-,58+,68-/m0/s1. The summed E-state index contributed by atoms with van der Waals surface area (Å²) in [6, 6.07) is 8.95. The number of hydrogen-bond acceptors (Lipinski definition) is 17. The van der Waals surface area contributed by atoms with Gasteiger partial charge < -0.3 is 89.1 Å². The van der Waals surface area contributed by atoms with E-state index in [0.717, 1.165) is 17.2 Å². The summed E-state index contributed by atoms with van der Waals surface area (Å²) in [5, 5.41) is 59.2. The average molecular weight is 1420 g/mol. The molecule has 3 aliphatic heterocycles. The molecule has 5 heterocycles. The number of thioether (sulfide) groups is 2. The van der Waals surface area contributed by atoms with Gasteiger partial charge in [0.05, 0.1) is 18.6 Å². The first-order valence-electron chi connectivity index (χ1n) is 32.5. The first-order valence-corrected chi connectivity index (χ1v) is 34.8. The molecule has 9 rings (SSSR count). The summed E-state index contributed by atoms with van der Waals surface area (Å²) < 4.78 is 29.8. The molecule has 2 fully saturated rings. The minimum Gasteiger partial charge on any atom is -0.508 e. The third-order valence-corrected chi connectivity index (χ3v) is 19.8. The van der Waals surface area contributed by atoms with E-state index in [-0.39, 0.29) is 79.2 Å². The summed E-state index contributed by atoms with van der Waals surface area (Å²) in [6.07, 6.45) is 0.808. The van der Waals surface area contributed by atoms with Crippen LogP contribution in [0.3, 0.4) is 0 Å².